The predicted octanol–water partition coefficient (Wildman–Crippen LogP) is 1.27. The highest BCUT2D eigenvalue weighted by atomic mass is 16.5. The van der Waals surface area contributed by atoms with Crippen LogP contribution in [0.4, 0.5) is 0 Å². The average Bonchev–Trinajstić information content (AvgIpc) is 1.72. The maximum absolute atomic E-state index is 5.07. The summed E-state index contributed by atoms with van der Waals surface area (Å²) in [5.74, 6) is 0. The van der Waals surface area contributed by atoms with Crippen LogP contribution in [0.15, 0.2) is 0 Å². The first-order valence-corrected chi connectivity index (χ1v) is 2.58. The van der Waals surface area contributed by atoms with E-state index in [-0.39, 0.29) is 7.43 Å². The van der Waals surface area contributed by atoms with E-state index in [4.69, 9.17) is 4.74 Å². The summed E-state index contributed by atoms with van der Waals surface area (Å²) in [6, 6.07) is 0. The second-order valence-electron chi connectivity index (χ2n) is 1.67. The first kappa shape index (κ1) is 6.96. The molecule has 7 heavy (non-hydrogen) atoms. The molecule has 1 fully saturated rings. The first-order chi connectivity index (χ1) is 3.00. The molecule has 1 aliphatic heterocycles. The number of ether oxygens (including phenoxy) is 1. The Morgan fingerprint density at radius 2 is 1.43 bits per heavy atom. The normalized spacial score (nSPS) is 20.6. The average molecular weight is 98.1 g/mol. The van der Waals surface area contributed by atoms with Gasteiger partial charge >= 0.3 is 0 Å². The topological polar surface area (TPSA) is 9.23 Å². The lowest BCUT2D eigenvalue weighted by molar-refractivity contribution is 0.0968. The molecule has 0 aromatic rings. The maximum Gasteiger partial charge on any atom is 0.0466 e. The molecule has 0 aromatic heterocycles. The Kier molecular flexibility index (Phi) is 4.10. The van der Waals surface area contributed by atoms with Crippen LogP contribution in [-0.4, -0.2) is 13.2 Å². The molecule has 1 rings (SSSR count). The Labute approximate surface area is 45.7 Å². The molecule has 40 valence electrons. The van der Waals surface area contributed by atoms with Gasteiger partial charge in [-0.3, -0.25) is 0 Å². The van der Waals surface area contributed by atoms with Gasteiger partial charge < -0.3 is 4.74 Å². The van der Waals surface area contributed by atoms with Gasteiger partial charge in [0.1, 0.15) is 0 Å². The van der Waals surface area contributed by atoms with E-state index in [9.17, 15) is 0 Å². The molecule has 0 aliphatic carbocycles. The Morgan fingerprint density at radius 3 is 1.57 bits per heavy atom. The van der Waals surface area contributed by atoms with Crippen LogP contribution in [0.3, 0.4) is 0 Å². The first-order valence-electron chi connectivity index (χ1n) is 2.58. The molecule has 0 saturated carbocycles. The summed E-state index contributed by atoms with van der Waals surface area (Å²) in [6.45, 7) is 2.00. The van der Waals surface area contributed by atoms with Crippen LogP contribution in [0.5, 0.6) is 0 Å². The van der Waals surface area contributed by atoms with Crippen LogP contribution in [0, 0.1) is 7.43 Å². The highest BCUT2D eigenvalue weighted by Crippen LogP contribution is 2.01. The molecule has 0 aromatic carbocycles. The van der Waals surface area contributed by atoms with Gasteiger partial charge in [0.15, 0.2) is 0 Å². The Hall–Kier alpha value is -0.0400. The molecule has 0 amide bonds. The molecule has 1 heteroatoms. The Balaban J connectivity index is 0.000000360. The summed E-state index contributed by atoms with van der Waals surface area (Å²) < 4.78 is 5.07. The van der Waals surface area contributed by atoms with Crippen molar-refractivity contribution in [1.29, 1.82) is 0 Å². The van der Waals surface area contributed by atoms with Gasteiger partial charge in [0.25, 0.3) is 0 Å². The van der Waals surface area contributed by atoms with E-state index < -0.39 is 0 Å². The number of rotatable bonds is 0. The zero-order valence-electron chi connectivity index (χ0n) is 4.44. The van der Waals surface area contributed by atoms with Crippen LogP contribution < -0.4 is 0 Å². The lowest BCUT2D eigenvalue weighted by atomic mass is 10.2. The van der Waals surface area contributed by atoms with Crippen LogP contribution in [0.25, 0.3) is 0 Å². The van der Waals surface area contributed by atoms with Gasteiger partial charge in [-0.1, -0.05) is 0 Å². The molecule has 1 nitrogen and oxygen atoms in total. The third-order valence-electron chi connectivity index (χ3n) is 1.08. The van der Waals surface area contributed by atoms with Gasteiger partial charge in [-0.05, 0) is 19.3 Å². The van der Waals surface area contributed by atoms with Gasteiger partial charge in [-0.2, -0.15) is 0 Å². The van der Waals surface area contributed by atoms with Crippen LogP contribution in [0.2, 0.25) is 0 Å². The summed E-state index contributed by atoms with van der Waals surface area (Å²) in [7, 11) is 0. The number of hydrogen-bond acceptors (Lipinski definition) is 1. The van der Waals surface area contributed by atoms with Gasteiger partial charge in [0, 0.05) is 20.6 Å². The molecule has 4 radical (unpaired) electrons. The fourth-order valence-electron chi connectivity index (χ4n) is 0.687. The molecule has 0 spiro atoms. The maximum atomic E-state index is 5.07. The highest BCUT2D eigenvalue weighted by Gasteiger charge is 1.94. The zero-order chi connectivity index (χ0) is 4.24. The van der Waals surface area contributed by atoms with E-state index in [0.29, 0.717) is 0 Å². The van der Waals surface area contributed by atoms with E-state index in [0.717, 1.165) is 13.2 Å². The van der Waals surface area contributed by atoms with E-state index in [1.165, 1.54) is 19.3 Å². The lowest BCUT2D eigenvalue weighted by Crippen LogP contribution is -2.03. The third kappa shape index (κ3) is 2.63. The fraction of sp³-hybridized carbons (Fsp3) is 0.833. The monoisotopic (exact) mass is 98.1 g/mol. The van der Waals surface area contributed by atoms with Gasteiger partial charge in [-0.15, -0.1) is 0 Å². The molecule has 1 saturated heterocycles. The SMILES string of the molecule is C1CCOCC1.[C]. The summed E-state index contributed by atoms with van der Waals surface area (Å²) in [4.78, 5) is 0. The van der Waals surface area contributed by atoms with E-state index in [1.54, 1.807) is 0 Å². The summed E-state index contributed by atoms with van der Waals surface area (Å²) in [5, 5.41) is 0. The molecular formula is C6H10O. The van der Waals surface area contributed by atoms with Gasteiger partial charge in [0.2, 0.25) is 0 Å². The molecule has 0 bridgehead atoms. The van der Waals surface area contributed by atoms with Crippen molar-refractivity contribution in [2.75, 3.05) is 13.2 Å². The highest BCUT2D eigenvalue weighted by molar-refractivity contribution is 4.45. The van der Waals surface area contributed by atoms with Crippen molar-refractivity contribution in [2.24, 2.45) is 0 Å². The predicted molar refractivity (Wildman–Crippen MR) is 27.9 cm³/mol. The molecule has 1 heterocycles. The zero-order valence-corrected chi connectivity index (χ0v) is 4.44. The summed E-state index contributed by atoms with van der Waals surface area (Å²) >= 11 is 0. The second kappa shape index (κ2) is 4.13. The van der Waals surface area contributed by atoms with Crippen molar-refractivity contribution in [3.63, 3.8) is 0 Å². The summed E-state index contributed by atoms with van der Waals surface area (Å²) in [6.07, 6.45) is 3.93. The standard InChI is InChI=1S/C5H10O.C/c1-2-4-6-5-3-1;/h1-5H2;. The molecular weight excluding hydrogens is 88.1 g/mol. The van der Waals surface area contributed by atoms with Crippen molar-refractivity contribution in [1.82, 2.24) is 0 Å². The quantitative estimate of drug-likeness (QED) is 0.443. The van der Waals surface area contributed by atoms with Crippen LogP contribution >= 0.6 is 0 Å². The molecule has 0 atom stereocenters. The Bertz CT molecular complexity index is 19.7. The van der Waals surface area contributed by atoms with Crippen molar-refractivity contribution in [2.45, 2.75) is 19.3 Å². The fourth-order valence-corrected chi connectivity index (χ4v) is 0.687. The van der Waals surface area contributed by atoms with Crippen LogP contribution in [-0.2, 0) is 4.74 Å². The molecule has 0 N–H and O–H groups in total. The van der Waals surface area contributed by atoms with E-state index >= 15 is 0 Å². The minimum Gasteiger partial charge on any atom is -0.381 e. The van der Waals surface area contributed by atoms with Crippen LogP contribution in [0.1, 0.15) is 19.3 Å². The van der Waals surface area contributed by atoms with Gasteiger partial charge in [-0.25, -0.2) is 0 Å². The van der Waals surface area contributed by atoms with Crippen molar-refractivity contribution in [3.05, 3.63) is 7.43 Å². The van der Waals surface area contributed by atoms with Crippen molar-refractivity contribution >= 4 is 0 Å². The van der Waals surface area contributed by atoms with Crippen molar-refractivity contribution < 1.29 is 4.74 Å². The number of hydrogen-bond donors (Lipinski definition) is 0. The second-order valence-corrected chi connectivity index (χ2v) is 1.67. The van der Waals surface area contributed by atoms with Gasteiger partial charge in [0.05, 0.1) is 0 Å². The lowest BCUT2D eigenvalue weighted by Gasteiger charge is -2.08. The van der Waals surface area contributed by atoms with E-state index in [1.807, 2.05) is 0 Å². The summed E-state index contributed by atoms with van der Waals surface area (Å²) in [5.41, 5.74) is 0. The van der Waals surface area contributed by atoms with Crippen molar-refractivity contribution in [3.8, 4) is 0 Å². The smallest absolute Gasteiger partial charge is 0.0466 e. The Morgan fingerprint density at radius 1 is 0.857 bits per heavy atom. The largest absolute Gasteiger partial charge is 0.381 e. The molecule has 1 aliphatic rings. The van der Waals surface area contributed by atoms with E-state index in [2.05, 4.69) is 0 Å². The minimum absolute atomic E-state index is 0. The third-order valence-corrected chi connectivity index (χ3v) is 1.08. The molecule has 0 unspecified atom stereocenters. The minimum atomic E-state index is 0.